The fraction of sp³-hybridized carbons (Fsp3) is 0.529. The molecule has 1 aliphatic heterocycles. The predicted octanol–water partition coefficient (Wildman–Crippen LogP) is -0.122. The van der Waals surface area contributed by atoms with E-state index < -0.39 is 55.1 Å². The number of halogens is 3. The molecule has 1 aromatic carbocycles. The van der Waals surface area contributed by atoms with Crippen molar-refractivity contribution in [2.24, 2.45) is 0 Å². The summed E-state index contributed by atoms with van der Waals surface area (Å²) in [4.78, 5) is 6.99. The van der Waals surface area contributed by atoms with Crippen LogP contribution in [-0.2, 0) is 10.9 Å². The number of benzene rings is 1. The number of hydrogen-bond donors (Lipinski definition) is 5. The maximum Gasteiger partial charge on any atom is 0.451 e. The van der Waals surface area contributed by atoms with Crippen molar-refractivity contribution in [2.45, 2.75) is 36.8 Å². The van der Waals surface area contributed by atoms with E-state index >= 15 is 0 Å². The van der Waals surface area contributed by atoms with Gasteiger partial charge < -0.3 is 40.0 Å². The van der Waals surface area contributed by atoms with E-state index in [9.17, 15) is 28.5 Å². The maximum absolute atomic E-state index is 13.3. The number of rotatable bonds is 5. The van der Waals surface area contributed by atoms with Gasteiger partial charge in [0.1, 0.15) is 30.2 Å². The summed E-state index contributed by atoms with van der Waals surface area (Å²) in [7, 11) is 2.63. The molecule has 13 heteroatoms. The first-order valence-electron chi connectivity index (χ1n) is 8.68. The number of aliphatic hydroxyl groups excluding tert-OH is 4. The van der Waals surface area contributed by atoms with Gasteiger partial charge in [-0.3, -0.25) is 0 Å². The lowest BCUT2D eigenvalue weighted by Gasteiger charge is -2.40. The van der Waals surface area contributed by atoms with Crippen molar-refractivity contribution < 1.29 is 47.8 Å². The molecule has 3 unspecified atom stereocenters. The molecule has 1 saturated heterocycles. The Balaban J connectivity index is 2.11. The highest BCUT2D eigenvalue weighted by molar-refractivity contribution is 5.92. The molecule has 5 atom stereocenters. The highest BCUT2D eigenvalue weighted by Gasteiger charge is 2.44. The Morgan fingerprint density at radius 2 is 1.70 bits per heavy atom. The summed E-state index contributed by atoms with van der Waals surface area (Å²) >= 11 is 0. The van der Waals surface area contributed by atoms with E-state index in [4.69, 9.17) is 19.3 Å². The average Bonchev–Trinajstić information content (AvgIpc) is 2.71. The standard InChI is InChI=1S/C17H20F3N3O7/c1-28-8-3-6-7(4-9(8)29-2)21-16(17(18,19)20)23-14(6)22-11-13(26)12(25)10(5-24)30-15(11)27/h3-4,10-13,15,24-27H,5H2,1-2H3,(H,21,22,23)/t10-,11?,12?,13-,15?/m1/s1. The molecule has 0 spiro atoms. The van der Waals surface area contributed by atoms with Crippen LogP contribution in [0.4, 0.5) is 19.0 Å². The van der Waals surface area contributed by atoms with Gasteiger partial charge in [0.2, 0.25) is 5.82 Å². The molecular formula is C17H20F3N3O7. The van der Waals surface area contributed by atoms with Crippen molar-refractivity contribution in [2.75, 3.05) is 26.1 Å². The van der Waals surface area contributed by atoms with Crippen molar-refractivity contribution in [3.63, 3.8) is 0 Å². The number of nitrogens with one attached hydrogen (secondary N) is 1. The Bertz CT molecular complexity index is 914. The Morgan fingerprint density at radius 3 is 2.27 bits per heavy atom. The summed E-state index contributed by atoms with van der Waals surface area (Å²) in [5.74, 6) is -1.56. The zero-order valence-electron chi connectivity index (χ0n) is 15.8. The third-order valence-corrected chi connectivity index (χ3v) is 4.66. The van der Waals surface area contributed by atoms with E-state index in [1.807, 2.05) is 0 Å². The number of ether oxygens (including phenoxy) is 3. The van der Waals surface area contributed by atoms with Gasteiger partial charge in [-0.1, -0.05) is 0 Å². The molecule has 2 aromatic rings. The fourth-order valence-electron chi connectivity index (χ4n) is 3.10. The van der Waals surface area contributed by atoms with Gasteiger partial charge in [-0.15, -0.1) is 0 Å². The van der Waals surface area contributed by atoms with Crippen LogP contribution < -0.4 is 14.8 Å². The van der Waals surface area contributed by atoms with E-state index in [2.05, 4.69) is 15.3 Å². The number of anilines is 1. The maximum atomic E-state index is 13.3. The van der Waals surface area contributed by atoms with E-state index in [-0.39, 0.29) is 22.4 Å². The average molecular weight is 435 g/mol. The van der Waals surface area contributed by atoms with Gasteiger partial charge in [-0.2, -0.15) is 13.2 Å². The van der Waals surface area contributed by atoms with E-state index in [0.29, 0.717) is 0 Å². The summed E-state index contributed by atoms with van der Waals surface area (Å²) in [5, 5.41) is 42.1. The van der Waals surface area contributed by atoms with E-state index in [1.54, 1.807) is 0 Å². The van der Waals surface area contributed by atoms with Gasteiger partial charge in [0, 0.05) is 11.5 Å². The number of alkyl halides is 3. The number of aromatic nitrogens is 2. The van der Waals surface area contributed by atoms with Crippen LogP contribution in [-0.4, -0.2) is 81.9 Å². The van der Waals surface area contributed by atoms with Gasteiger partial charge in [0.25, 0.3) is 0 Å². The Kier molecular flexibility index (Phi) is 6.19. The number of nitrogens with zero attached hydrogens (tertiary/aromatic N) is 2. The summed E-state index contributed by atoms with van der Waals surface area (Å²) in [6.45, 7) is -0.687. The second kappa shape index (κ2) is 8.35. The summed E-state index contributed by atoms with van der Waals surface area (Å²) in [6.07, 6.45) is -11.2. The van der Waals surface area contributed by atoms with E-state index in [0.717, 1.165) is 0 Å². The lowest BCUT2D eigenvalue weighted by molar-refractivity contribution is -0.245. The quantitative estimate of drug-likeness (QED) is 0.431. The SMILES string of the molecule is COc1cc2nc(C(F)(F)F)nc(NC3C(O)O[C@H](CO)C(O)[C@@H]3O)c2cc1OC. The number of fused-ring (bicyclic) bond motifs is 1. The van der Waals surface area contributed by atoms with Gasteiger partial charge in [-0.25, -0.2) is 9.97 Å². The highest BCUT2D eigenvalue weighted by atomic mass is 19.4. The monoisotopic (exact) mass is 435 g/mol. The minimum atomic E-state index is -4.89. The normalized spacial score (nSPS) is 27.2. The molecule has 10 nitrogen and oxygen atoms in total. The molecule has 0 aliphatic carbocycles. The summed E-state index contributed by atoms with van der Waals surface area (Å²) in [6, 6.07) is 1.08. The molecule has 2 heterocycles. The zero-order chi connectivity index (χ0) is 22.2. The van der Waals surface area contributed by atoms with Gasteiger partial charge >= 0.3 is 6.18 Å². The highest BCUT2D eigenvalue weighted by Crippen LogP contribution is 2.37. The molecule has 5 N–H and O–H groups in total. The van der Waals surface area contributed by atoms with E-state index in [1.165, 1.54) is 26.4 Å². The lowest BCUT2D eigenvalue weighted by atomic mass is 9.97. The van der Waals surface area contributed by atoms with Crippen LogP contribution in [0.3, 0.4) is 0 Å². The molecular weight excluding hydrogens is 415 g/mol. The van der Waals surface area contributed by atoms with Crippen molar-refractivity contribution in [1.29, 1.82) is 0 Å². The third kappa shape index (κ3) is 4.06. The largest absolute Gasteiger partial charge is 0.493 e. The van der Waals surface area contributed by atoms with Crippen LogP contribution in [0.5, 0.6) is 11.5 Å². The zero-order valence-corrected chi connectivity index (χ0v) is 15.8. The number of hydrogen-bond acceptors (Lipinski definition) is 10. The smallest absolute Gasteiger partial charge is 0.451 e. The molecule has 0 bridgehead atoms. The number of aliphatic hydroxyl groups is 4. The minimum Gasteiger partial charge on any atom is -0.493 e. The van der Waals surface area contributed by atoms with Gasteiger partial charge in [0.15, 0.2) is 17.8 Å². The Morgan fingerprint density at radius 1 is 1.07 bits per heavy atom. The first-order chi connectivity index (χ1) is 14.1. The van der Waals surface area contributed by atoms with Crippen LogP contribution in [0.2, 0.25) is 0 Å². The van der Waals surface area contributed by atoms with Gasteiger partial charge in [0.05, 0.1) is 26.3 Å². The summed E-state index contributed by atoms with van der Waals surface area (Å²) < 4.78 is 55.2. The minimum absolute atomic E-state index is 0.0684. The lowest BCUT2D eigenvalue weighted by Crippen LogP contribution is -2.61. The molecule has 1 aliphatic rings. The first kappa shape index (κ1) is 22.2. The summed E-state index contributed by atoms with van der Waals surface area (Å²) in [5.41, 5.74) is -0.146. The van der Waals surface area contributed by atoms with Crippen LogP contribution in [0.15, 0.2) is 12.1 Å². The van der Waals surface area contributed by atoms with Crippen molar-refractivity contribution in [3.05, 3.63) is 18.0 Å². The molecule has 1 aromatic heterocycles. The van der Waals surface area contributed by atoms with Crippen molar-refractivity contribution in [1.82, 2.24) is 9.97 Å². The first-order valence-corrected chi connectivity index (χ1v) is 8.68. The molecule has 0 saturated carbocycles. The second-order valence-corrected chi connectivity index (χ2v) is 6.52. The topological polar surface area (TPSA) is 146 Å². The van der Waals surface area contributed by atoms with Gasteiger partial charge in [-0.05, 0) is 6.07 Å². The van der Waals surface area contributed by atoms with Crippen molar-refractivity contribution >= 4 is 16.7 Å². The number of methoxy groups -OCH3 is 2. The molecule has 0 amide bonds. The molecule has 3 rings (SSSR count). The van der Waals surface area contributed by atoms with Crippen LogP contribution >= 0.6 is 0 Å². The predicted molar refractivity (Wildman–Crippen MR) is 95.0 cm³/mol. The molecule has 30 heavy (non-hydrogen) atoms. The third-order valence-electron chi connectivity index (χ3n) is 4.66. The fourth-order valence-corrected chi connectivity index (χ4v) is 3.10. The Hall–Kier alpha value is -2.45. The van der Waals surface area contributed by atoms with Crippen LogP contribution in [0.25, 0.3) is 10.9 Å². The molecule has 0 radical (unpaired) electrons. The van der Waals surface area contributed by atoms with Crippen LogP contribution in [0.1, 0.15) is 5.82 Å². The molecule has 166 valence electrons. The van der Waals surface area contributed by atoms with Crippen molar-refractivity contribution in [3.8, 4) is 11.5 Å². The second-order valence-electron chi connectivity index (χ2n) is 6.52. The van der Waals surface area contributed by atoms with Crippen LogP contribution in [0, 0.1) is 0 Å². The molecule has 1 fully saturated rings. The Labute approximate surface area is 167 Å².